The van der Waals surface area contributed by atoms with Crippen molar-refractivity contribution in [2.45, 2.75) is 6.92 Å². The van der Waals surface area contributed by atoms with Crippen LogP contribution in [0.15, 0.2) is 41.1 Å². The maximum atomic E-state index is 12.1. The molecule has 2 rings (SSSR count). The van der Waals surface area contributed by atoms with E-state index >= 15 is 0 Å². The number of benzene rings is 1. The molecule has 0 atom stereocenters. The highest BCUT2D eigenvalue weighted by molar-refractivity contribution is 9.10. The number of nitrogens with zero attached hydrogens (tertiary/aromatic N) is 1. The van der Waals surface area contributed by atoms with Gasteiger partial charge in [-0.15, -0.1) is 0 Å². The maximum Gasteiger partial charge on any atom is 0.337 e. The summed E-state index contributed by atoms with van der Waals surface area (Å²) >= 11 is 3.24. The fourth-order valence-electron chi connectivity index (χ4n) is 1.69. The van der Waals surface area contributed by atoms with Gasteiger partial charge in [0.05, 0.1) is 16.8 Å². The molecular weight excluding hydrogens is 324 g/mol. The van der Waals surface area contributed by atoms with Crippen molar-refractivity contribution < 1.29 is 14.7 Å². The number of aromatic carboxylic acids is 1. The smallest absolute Gasteiger partial charge is 0.337 e. The van der Waals surface area contributed by atoms with Gasteiger partial charge in [0.25, 0.3) is 5.91 Å². The largest absolute Gasteiger partial charge is 0.478 e. The first-order chi connectivity index (χ1) is 9.49. The molecule has 2 aromatic rings. The quantitative estimate of drug-likeness (QED) is 0.903. The summed E-state index contributed by atoms with van der Waals surface area (Å²) in [6.45, 7) is 1.82. The Balaban J connectivity index is 2.35. The molecule has 0 aliphatic heterocycles. The number of amides is 1. The zero-order chi connectivity index (χ0) is 14.7. The van der Waals surface area contributed by atoms with Crippen LogP contribution in [0.2, 0.25) is 0 Å². The highest BCUT2D eigenvalue weighted by atomic mass is 79.9. The number of nitrogens with one attached hydrogen (secondary N) is 1. The number of hydrogen-bond acceptors (Lipinski definition) is 3. The molecule has 0 fully saturated rings. The average Bonchev–Trinajstić information content (AvgIpc) is 2.40. The van der Waals surface area contributed by atoms with Crippen LogP contribution in [0.25, 0.3) is 0 Å². The summed E-state index contributed by atoms with van der Waals surface area (Å²) < 4.78 is 0.506. The molecule has 1 aromatic carbocycles. The number of rotatable bonds is 3. The van der Waals surface area contributed by atoms with Crippen molar-refractivity contribution >= 4 is 33.5 Å². The predicted molar refractivity (Wildman–Crippen MR) is 78.0 cm³/mol. The lowest BCUT2D eigenvalue weighted by molar-refractivity contribution is 0.0698. The van der Waals surface area contributed by atoms with Crippen LogP contribution in [0.5, 0.6) is 0 Å². The summed E-state index contributed by atoms with van der Waals surface area (Å²) in [6, 6.07) is 6.37. The molecule has 0 aliphatic carbocycles. The zero-order valence-electron chi connectivity index (χ0n) is 10.6. The van der Waals surface area contributed by atoms with Crippen molar-refractivity contribution in [2.24, 2.45) is 0 Å². The number of hydrogen-bond donors (Lipinski definition) is 2. The van der Waals surface area contributed by atoms with Gasteiger partial charge in [0, 0.05) is 16.9 Å². The van der Waals surface area contributed by atoms with Gasteiger partial charge in [-0.25, -0.2) is 4.79 Å². The number of carbonyl (C=O) groups excluding carboxylic acids is 1. The van der Waals surface area contributed by atoms with Crippen molar-refractivity contribution in [1.29, 1.82) is 0 Å². The molecule has 0 radical (unpaired) electrons. The average molecular weight is 335 g/mol. The summed E-state index contributed by atoms with van der Waals surface area (Å²) in [5.74, 6) is -1.51. The third kappa shape index (κ3) is 3.03. The molecule has 102 valence electrons. The number of aromatic nitrogens is 1. The van der Waals surface area contributed by atoms with E-state index in [-0.39, 0.29) is 11.3 Å². The monoisotopic (exact) mass is 334 g/mol. The third-order valence-electron chi connectivity index (χ3n) is 2.62. The summed E-state index contributed by atoms with van der Waals surface area (Å²) in [5, 5.41) is 11.7. The van der Waals surface area contributed by atoms with Crippen LogP contribution < -0.4 is 5.32 Å². The third-order valence-corrected chi connectivity index (χ3v) is 3.28. The lowest BCUT2D eigenvalue weighted by Gasteiger charge is -2.10. The van der Waals surface area contributed by atoms with Gasteiger partial charge in [0.2, 0.25) is 0 Å². The minimum atomic E-state index is -1.11. The van der Waals surface area contributed by atoms with E-state index in [0.717, 1.165) is 5.56 Å². The minimum Gasteiger partial charge on any atom is -0.478 e. The molecule has 5 nitrogen and oxygen atoms in total. The molecule has 0 spiro atoms. The number of anilines is 1. The molecule has 1 amide bonds. The molecule has 2 N–H and O–H groups in total. The first kappa shape index (κ1) is 14.2. The number of carboxylic acids is 1. The predicted octanol–water partition coefficient (Wildman–Crippen LogP) is 3.10. The second-order valence-electron chi connectivity index (χ2n) is 4.17. The number of carbonyl (C=O) groups is 2. The van der Waals surface area contributed by atoms with Crippen molar-refractivity contribution in [1.82, 2.24) is 4.98 Å². The highest BCUT2D eigenvalue weighted by Crippen LogP contribution is 2.27. The van der Waals surface area contributed by atoms with E-state index in [2.05, 4.69) is 26.2 Å². The number of pyridine rings is 1. The van der Waals surface area contributed by atoms with E-state index in [1.165, 1.54) is 12.3 Å². The SMILES string of the molecule is Cc1cncc(C(=O)Nc2c(Br)cccc2C(=O)O)c1. The molecule has 20 heavy (non-hydrogen) atoms. The molecule has 0 bridgehead atoms. The zero-order valence-corrected chi connectivity index (χ0v) is 12.1. The van der Waals surface area contributed by atoms with Gasteiger partial charge in [-0.1, -0.05) is 6.07 Å². The molecule has 1 heterocycles. The van der Waals surface area contributed by atoms with Gasteiger partial charge in [-0.3, -0.25) is 9.78 Å². The van der Waals surface area contributed by atoms with E-state index in [1.807, 2.05) is 6.92 Å². The summed E-state index contributed by atoms with van der Waals surface area (Å²) in [5.41, 5.74) is 1.47. The maximum absolute atomic E-state index is 12.1. The topological polar surface area (TPSA) is 79.3 Å². The van der Waals surface area contributed by atoms with Crippen LogP contribution in [-0.2, 0) is 0 Å². The molecule has 0 saturated carbocycles. The molecule has 0 unspecified atom stereocenters. The van der Waals surface area contributed by atoms with Crippen molar-refractivity contribution in [3.8, 4) is 0 Å². The van der Waals surface area contributed by atoms with E-state index < -0.39 is 11.9 Å². The standard InChI is InChI=1S/C14H11BrN2O3/c1-8-5-9(7-16-6-8)13(18)17-12-10(14(19)20)3-2-4-11(12)15/h2-7H,1H3,(H,17,18)(H,19,20). The van der Waals surface area contributed by atoms with Crippen LogP contribution in [0.1, 0.15) is 26.3 Å². The second kappa shape index (κ2) is 5.83. The summed E-state index contributed by atoms with van der Waals surface area (Å²) in [4.78, 5) is 27.2. The van der Waals surface area contributed by atoms with E-state index in [4.69, 9.17) is 5.11 Å². The Hall–Kier alpha value is -2.21. The van der Waals surface area contributed by atoms with Crippen molar-refractivity contribution in [3.63, 3.8) is 0 Å². The normalized spacial score (nSPS) is 10.1. The summed E-state index contributed by atoms with van der Waals surface area (Å²) in [6.07, 6.45) is 3.07. The van der Waals surface area contributed by atoms with E-state index in [1.54, 1.807) is 24.4 Å². The lowest BCUT2D eigenvalue weighted by atomic mass is 10.1. The highest BCUT2D eigenvalue weighted by Gasteiger charge is 2.16. The minimum absolute atomic E-state index is 0.0216. The van der Waals surface area contributed by atoms with Crippen LogP contribution in [0.3, 0.4) is 0 Å². The van der Waals surface area contributed by atoms with Gasteiger partial charge in [-0.2, -0.15) is 0 Å². The van der Waals surface area contributed by atoms with Gasteiger partial charge >= 0.3 is 5.97 Å². The van der Waals surface area contributed by atoms with E-state index in [9.17, 15) is 9.59 Å². The molecule has 6 heteroatoms. The van der Waals surface area contributed by atoms with Crippen LogP contribution in [-0.4, -0.2) is 22.0 Å². The van der Waals surface area contributed by atoms with Gasteiger partial charge in [0.1, 0.15) is 0 Å². The Bertz CT molecular complexity index is 686. The second-order valence-corrected chi connectivity index (χ2v) is 5.03. The molecule has 0 saturated heterocycles. The Morgan fingerprint density at radius 3 is 2.70 bits per heavy atom. The summed E-state index contributed by atoms with van der Waals surface area (Å²) in [7, 11) is 0. The molecule has 1 aromatic heterocycles. The Morgan fingerprint density at radius 1 is 1.30 bits per heavy atom. The van der Waals surface area contributed by atoms with Crippen LogP contribution in [0, 0.1) is 6.92 Å². The Labute approximate surface area is 123 Å². The van der Waals surface area contributed by atoms with Gasteiger partial charge in [0.15, 0.2) is 0 Å². The fourth-order valence-corrected chi connectivity index (χ4v) is 2.16. The Kier molecular flexibility index (Phi) is 4.14. The fraction of sp³-hybridized carbons (Fsp3) is 0.0714. The first-order valence-electron chi connectivity index (χ1n) is 5.74. The number of aryl methyl sites for hydroxylation is 1. The van der Waals surface area contributed by atoms with Crippen molar-refractivity contribution in [3.05, 3.63) is 57.8 Å². The lowest BCUT2D eigenvalue weighted by Crippen LogP contribution is -2.15. The number of para-hydroxylation sites is 1. The molecule has 0 aliphatic rings. The van der Waals surface area contributed by atoms with Crippen LogP contribution in [0.4, 0.5) is 5.69 Å². The van der Waals surface area contributed by atoms with E-state index in [0.29, 0.717) is 10.0 Å². The molecular formula is C14H11BrN2O3. The van der Waals surface area contributed by atoms with Crippen LogP contribution >= 0.6 is 15.9 Å². The first-order valence-corrected chi connectivity index (χ1v) is 6.53. The number of carboxylic acid groups (broad SMARTS) is 1. The van der Waals surface area contributed by atoms with Crippen molar-refractivity contribution in [2.75, 3.05) is 5.32 Å². The van der Waals surface area contributed by atoms with Gasteiger partial charge < -0.3 is 10.4 Å². The number of halogens is 1. The Morgan fingerprint density at radius 2 is 2.05 bits per heavy atom. The van der Waals surface area contributed by atoms with Gasteiger partial charge in [-0.05, 0) is 46.6 Å².